The van der Waals surface area contributed by atoms with Crippen molar-refractivity contribution in [2.75, 3.05) is 54.8 Å². The highest BCUT2D eigenvalue weighted by Gasteiger charge is 2.33. The Hall–Kier alpha value is -3.35. The molecule has 0 aromatic heterocycles. The van der Waals surface area contributed by atoms with Gasteiger partial charge in [0.05, 0.1) is 24.5 Å². The van der Waals surface area contributed by atoms with E-state index in [0.717, 1.165) is 0 Å². The Morgan fingerprint density at radius 1 is 1.16 bits per heavy atom. The van der Waals surface area contributed by atoms with Crippen molar-refractivity contribution in [1.82, 2.24) is 15.5 Å². The molecule has 2 aliphatic heterocycles. The van der Waals surface area contributed by atoms with Crippen molar-refractivity contribution in [2.45, 2.75) is 38.8 Å². The van der Waals surface area contributed by atoms with Gasteiger partial charge in [0.1, 0.15) is 23.7 Å². The molecule has 0 bridgehead atoms. The Kier molecular flexibility index (Phi) is 9.73. The van der Waals surface area contributed by atoms with Crippen LogP contribution in [0.4, 0.5) is 20.6 Å². The van der Waals surface area contributed by atoms with Crippen LogP contribution in [0, 0.1) is 5.82 Å². The number of rotatable bonds is 10. The number of anilines is 2. The van der Waals surface area contributed by atoms with Crippen molar-refractivity contribution in [2.24, 2.45) is 0 Å². The molecule has 2 fully saturated rings. The van der Waals surface area contributed by atoms with Crippen LogP contribution in [0.15, 0.2) is 18.2 Å². The number of hydrogen-bond donors (Lipinski definition) is 3. The van der Waals surface area contributed by atoms with E-state index in [4.69, 9.17) is 4.74 Å². The molecule has 2 N–H and O–H groups in total. The second kappa shape index (κ2) is 12.7. The third-order valence-corrected chi connectivity index (χ3v) is 6.56. The standard InChI is InChI=1S/C24H32FN5O6S/c1-15(31)3-5-18-13-30(24(35)36-18)17-4-6-21(19(25)11-17)28-7-9-29(10-8-28)22(33)12-26-23(34)20(14-37)27-16(2)32/h4,6,11,18,20,37H,3,5,7-10,12-14H2,1-2H3,(H,26,34)(H,27,32)/t18-,20?/m0/s1. The molecule has 2 heterocycles. The van der Waals surface area contributed by atoms with Gasteiger partial charge in [-0.15, -0.1) is 0 Å². The number of nitrogens with zero attached hydrogens (tertiary/aromatic N) is 3. The lowest BCUT2D eigenvalue weighted by molar-refractivity contribution is -0.133. The van der Waals surface area contributed by atoms with Crippen LogP contribution in [-0.2, 0) is 23.9 Å². The van der Waals surface area contributed by atoms with Crippen molar-refractivity contribution >= 4 is 53.6 Å². The van der Waals surface area contributed by atoms with Gasteiger partial charge in [0.25, 0.3) is 0 Å². The van der Waals surface area contributed by atoms with Crippen LogP contribution in [0.5, 0.6) is 0 Å². The van der Waals surface area contributed by atoms with Crippen LogP contribution in [0.3, 0.4) is 0 Å². The second-order valence-electron chi connectivity index (χ2n) is 9.01. The molecule has 0 radical (unpaired) electrons. The van der Waals surface area contributed by atoms with E-state index in [1.807, 2.05) is 4.90 Å². The van der Waals surface area contributed by atoms with Gasteiger partial charge in [0, 0.05) is 45.3 Å². The minimum absolute atomic E-state index is 0.0144. The molecule has 3 rings (SSSR count). The molecule has 2 atom stereocenters. The smallest absolute Gasteiger partial charge is 0.414 e. The van der Waals surface area contributed by atoms with Gasteiger partial charge in [-0.1, -0.05) is 0 Å². The summed E-state index contributed by atoms with van der Waals surface area (Å²) >= 11 is 4.04. The van der Waals surface area contributed by atoms with Crippen molar-refractivity contribution in [3.63, 3.8) is 0 Å². The predicted octanol–water partition coefficient (Wildman–Crippen LogP) is 0.719. The summed E-state index contributed by atoms with van der Waals surface area (Å²) in [5.41, 5.74) is 0.733. The van der Waals surface area contributed by atoms with E-state index in [2.05, 4.69) is 23.3 Å². The molecule has 2 aliphatic rings. The number of Topliss-reactive ketones (excluding diaryl/α,β-unsaturated/α-hetero) is 1. The number of thiol groups is 1. The Balaban J connectivity index is 1.51. The highest BCUT2D eigenvalue weighted by Crippen LogP contribution is 2.29. The Bertz CT molecular complexity index is 1050. The summed E-state index contributed by atoms with van der Waals surface area (Å²) in [5.74, 6) is -1.53. The number of carbonyl (C=O) groups excluding carboxylic acids is 5. The van der Waals surface area contributed by atoms with E-state index in [0.29, 0.717) is 50.4 Å². The normalized spacial score (nSPS) is 18.3. The number of ketones is 1. The molecule has 202 valence electrons. The minimum Gasteiger partial charge on any atom is -0.444 e. The van der Waals surface area contributed by atoms with Crippen molar-refractivity contribution in [3.05, 3.63) is 24.0 Å². The summed E-state index contributed by atoms with van der Waals surface area (Å²) in [7, 11) is 0. The fourth-order valence-electron chi connectivity index (χ4n) is 4.20. The molecule has 1 unspecified atom stereocenters. The molecule has 0 spiro atoms. The number of halogens is 1. The summed E-state index contributed by atoms with van der Waals surface area (Å²) in [6.07, 6.45) is -0.246. The summed E-state index contributed by atoms with van der Waals surface area (Å²) in [6.45, 7) is 4.26. The average molecular weight is 538 g/mol. The lowest BCUT2D eigenvalue weighted by atomic mass is 10.1. The largest absolute Gasteiger partial charge is 0.444 e. The third kappa shape index (κ3) is 7.57. The monoisotopic (exact) mass is 537 g/mol. The predicted molar refractivity (Wildman–Crippen MR) is 137 cm³/mol. The summed E-state index contributed by atoms with van der Waals surface area (Å²) in [6, 6.07) is 3.69. The average Bonchev–Trinajstić information content (AvgIpc) is 3.24. The van der Waals surface area contributed by atoms with E-state index in [1.54, 1.807) is 17.0 Å². The molecule has 0 saturated carbocycles. The zero-order chi connectivity index (χ0) is 27.1. The molecule has 2 saturated heterocycles. The van der Waals surface area contributed by atoms with Gasteiger partial charge >= 0.3 is 6.09 Å². The second-order valence-corrected chi connectivity index (χ2v) is 9.38. The number of nitrogens with one attached hydrogen (secondary N) is 2. The van der Waals surface area contributed by atoms with Crippen LogP contribution < -0.4 is 20.4 Å². The number of hydrogen-bond acceptors (Lipinski definition) is 8. The summed E-state index contributed by atoms with van der Waals surface area (Å²) < 4.78 is 20.3. The molecule has 0 aliphatic carbocycles. The quantitative estimate of drug-likeness (QED) is 0.375. The molecule has 37 heavy (non-hydrogen) atoms. The molecule has 1 aromatic rings. The topological polar surface area (TPSA) is 128 Å². The van der Waals surface area contributed by atoms with Crippen LogP contribution in [0.2, 0.25) is 0 Å². The summed E-state index contributed by atoms with van der Waals surface area (Å²) in [4.78, 5) is 64.0. The number of carbonyl (C=O) groups is 5. The maximum Gasteiger partial charge on any atom is 0.414 e. The fraction of sp³-hybridized carbons (Fsp3) is 0.542. The van der Waals surface area contributed by atoms with E-state index >= 15 is 4.39 Å². The number of piperazine rings is 1. The molecule has 4 amide bonds. The van der Waals surface area contributed by atoms with Gasteiger partial charge < -0.3 is 30.0 Å². The first-order valence-corrected chi connectivity index (χ1v) is 12.7. The van der Waals surface area contributed by atoms with Gasteiger partial charge in [0.15, 0.2) is 0 Å². The van der Waals surface area contributed by atoms with Crippen molar-refractivity contribution < 1.29 is 33.1 Å². The minimum atomic E-state index is -0.828. The van der Waals surface area contributed by atoms with Gasteiger partial charge in [-0.3, -0.25) is 19.3 Å². The molecule has 11 nitrogen and oxygen atoms in total. The Morgan fingerprint density at radius 2 is 1.86 bits per heavy atom. The zero-order valence-corrected chi connectivity index (χ0v) is 21.8. The first-order valence-electron chi connectivity index (χ1n) is 12.0. The molecule has 1 aromatic carbocycles. The van der Waals surface area contributed by atoms with Gasteiger partial charge in [-0.2, -0.15) is 12.6 Å². The number of ether oxygens (including phenoxy) is 1. The van der Waals surface area contributed by atoms with Crippen LogP contribution in [0.25, 0.3) is 0 Å². The van der Waals surface area contributed by atoms with Gasteiger partial charge in [-0.05, 0) is 31.5 Å². The van der Waals surface area contributed by atoms with E-state index in [1.165, 1.54) is 24.8 Å². The fourth-order valence-corrected chi connectivity index (χ4v) is 4.46. The maximum atomic E-state index is 15.0. The highest BCUT2D eigenvalue weighted by molar-refractivity contribution is 7.80. The SMILES string of the molecule is CC(=O)CC[C@H]1CN(c2ccc(N3CCN(C(=O)CNC(=O)C(CS)NC(C)=O)CC3)c(F)c2)C(=O)O1. The third-order valence-electron chi connectivity index (χ3n) is 6.20. The first-order chi connectivity index (χ1) is 17.6. The lowest BCUT2D eigenvalue weighted by Crippen LogP contribution is -2.53. The Labute approximate surface area is 220 Å². The number of cyclic esters (lactones) is 1. The van der Waals surface area contributed by atoms with E-state index in [-0.39, 0.29) is 36.4 Å². The Morgan fingerprint density at radius 3 is 2.46 bits per heavy atom. The van der Waals surface area contributed by atoms with Crippen LogP contribution in [0.1, 0.15) is 26.7 Å². The van der Waals surface area contributed by atoms with E-state index < -0.39 is 30.0 Å². The number of benzene rings is 1. The molecular formula is C24H32FN5O6S. The van der Waals surface area contributed by atoms with Crippen molar-refractivity contribution in [1.29, 1.82) is 0 Å². The number of amides is 4. The lowest BCUT2D eigenvalue weighted by Gasteiger charge is -2.36. The highest BCUT2D eigenvalue weighted by atomic mass is 32.1. The summed E-state index contributed by atoms with van der Waals surface area (Å²) in [5, 5.41) is 4.98. The van der Waals surface area contributed by atoms with E-state index in [9.17, 15) is 24.0 Å². The zero-order valence-electron chi connectivity index (χ0n) is 20.9. The van der Waals surface area contributed by atoms with Crippen LogP contribution >= 0.6 is 12.6 Å². The van der Waals surface area contributed by atoms with Crippen molar-refractivity contribution in [3.8, 4) is 0 Å². The van der Waals surface area contributed by atoms with Gasteiger partial charge in [0.2, 0.25) is 17.7 Å². The first kappa shape index (κ1) is 28.2. The molecular weight excluding hydrogens is 505 g/mol. The van der Waals surface area contributed by atoms with Crippen LogP contribution in [-0.4, -0.2) is 91.7 Å². The van der Waals surface area contributed by atoms with Gasteiger partial charge in [-0.25, -0.2) is 9.18 Å². The maximum absolute atomic E-state index is 15.0. The molecule has 13 heteroatoms.